The number of hydrogen-bond acceptors (Lipinski definition) is 4. The highest BCUT2D eigenvalue weighted by molar-refractivity contribution is 9.10. The van der Waals surface area contributed by atoms with Crippen molar-refractivity contribution in [3.63, 3.8) is 0 Å². The molecular weight excluding hydrogens is 623 g/mol. The molecule has 4 nitrogen and oxygen atoms in total. The molecule has 0 unspecified atom stereocenters. The van der Waals surface area contributed by atoms with E-state index in [1.165, 1.54) is 10.9 Å². The molecule has 0 saturated heterocycles. The predicted octanol–water partition coefficient (Wildman–Crippen LogP) is 10.0. The van der Waals surface area contributed by atoms with Crippen molar-refractivity contribution in [2.24, 2.45) is 16.3 Å². The molecule has 0 bridgehead atoms. The average Bonchev–Trinajstić information content (AvgIpc) is 3.31. The van der Waals surface area contributed by atoms with Gasteiger partial charge in [-0.15, -0.1) is 11.3 Å². The number of carbonyl (C=O) groups excluding carboxylic acids is 1. The van der Waals surface area contributed by atoms with Gasteiger partial charge in [0.05, 0.1) is 10.0 Å². The van der Waals surface area contributed by atoms with E-state index >= 15 is 0 Å². The first kappa shape index (κ1) is 29.5. The Morgan fingerprint density at radius 3 is 2.63 bits per heavy atom. The van der Waals surface area contributed by atoms with E-state index in [9.17, 15) is 9.18 Å². The number of carbonyl (C=O) groups is 1. The molecule has 41 heavy (non-hydrogen) atoms. The van der Waals surface area contributed by atoms with Crippen LogP contribution in [0, 0.1) is 17.2 Å². The van der Waals surface area contributed by atoms with E-state index in [2.05, 4.69) is 42.0 Å². The molecule has 3 aromatic carbocycles. The molecule has 0 aliphatic heterocycles. The van der Waals surface area contributed by atoms with Gasteiger partial charge in [-0.05, 0) is 106 Å². The minimum absolute atomic E-state index is 0.126. The second-order valence-corrected chi connectivity index (χ2v) is 13.7. The number of aliphatic imine (C=N–C) groups is 1. The van der Waals surface area contributed by atoms with Gasteiger partial charge in [-0.2, -0.15) is 0 Å². The quantitative estimate of drug-likeness (QED) is 0.202. The molecule has 1 aliphatic rings. The second-order valence-electron chi connectivity index (χ2n) is 11.3. The molecule has 0 fully saturated rings. The van der Waals surface area contributed by atoms with Crippen LogP contribution in [0.1, 0.15) is 59.1 Å². The zero-order chi connectivity index (χ0) is 29.1. The molecular formula is C33H31BrClFN2O2S. The number of rotatable bonds is 7. The summed E-state index contributed by atoms with van der Waals surface area (Å²) in [4.78, 5) is 19.7. The summed E-state index contributed by atoms with van der Waals surface area (Å²) < 4.78 is 20.5. The first-order chi connectivity index (χ1) is 19.6. The van der Waals surface area contributed by atoms with Crippen LogP contribution < -0.4 is 10.1 Å². The maximum atomic E-state index is 14.0. The third kappa shape index (κ3) is 7.08. The minimum Gasteiger partial charge on any atom is -0.488 e. The third-order valence-electron chi connectivity index (χ3n) is 7.43. The van der Waals surface area contributed by atoms with Crippen LogP contribution in [0.2, 0.25) is 5.02 Å². The molecule has 212 valence electrons. The number of nitrogens with zero attached hydrogens (tertiary/aromatic N) is 1. The number of thiophene rings is 1. The predicted molar refractivity (Wildman–Crippen MR) is 171 cm³/mol. The number of fused-ring (bicyclic) bond motifs is 1. The Hall–Kier alpha value is -3.00. The number of halogens is 3. The van der Waals surface area contributed by atoms with E-state index in [0.717, 1.165) is 34.9 Å². The maximum absolute atomic E-state index is 14.0. The Morgan fingerprint density at radius 1 is 1.17 bits per heavy atom. The summed E-state index contributed by atoms with van der Waals surface area (Å²) >= 11 is 11.2. The van der Waals surface area contributed by atoms with Gasteiger partial charge in [0.15, 0.2) is 0 Å². The van der Waals surface area contributed by atoms with E-state index in [4.69, 9.17) is 21.3 Å². The van der Waals surface area contributed by atoms with Crippen molar-refractivity contribution in [1.82, 2.24) is 0 Å². The smallest absolute Gasteiger partial charge is 0.259 e. The summed E-state index contributed by atoms with van der Waals surface area (Å²) in [6.07, 6.45) is 4.61. The fraction of sp³-hybridized carbons (Fsp3) is 0.273. The van der Waals surface area contributed by atoms with E-state index in [1.54, 1.807) is 60.0 Å². The van der Waals surface area contributed by atoms with E-state index in [1.807, 2.05) is 18.2 Å². The lowest BCUT2D eigenvalue weighted by Gasteiger charge is -2.33. The van der Waals surface area contributed by atoms with E-state index < -0.39 is 0 Å². The topological polar surface area (TPSA) is 50.7 Å². The molecule has 0 saturated carbocycles. The molecule has 1 N–H and O–H groups in total. The van der Waals surface area contributed by atoms with Crippen molar-refractivity contribution in [3.05, 3.63) is 109 Å². The van der Waals surface area contributed by atoms with E-state index in [0.29, 0.717) is 38.5 Å². The number of nitrogens with one attached hydrogen (secondary N) is 1. The second kappa shape index (κ2) is 12.5. The van der Waals surface area contributed by atoms with Gasteiger partial charge in [0.25, 0.3) is 5.91 Å². The first-order valence-electron chi connectivity index (χ1n) is 13.5. The van der Waals surface area contributed by atoms with Crippen LogP contribution in [0.3, 0.4) is 0 Å². The van der Waals surface area contributed by atoms with Gasteiger partial charge in [0.1, 0.15) is 23.2 Å². The Labute approximate surface area is 257 Å². The Morgan fingerprint density at radius 2 is 1.93 bits per heavy atom. The van der Waals surface area contributed by atoms with Gasteiger partial charge in [0.2, 0.25) is 0 Å². The van der Waals surface area contributed by atoms with Crippen LogP contribution in [0.4, 0.5) is 15.1 Å². The van der Waals surface area contributed by atoms with Gasteiger partial charge >= 0.3 is 0 Å². The standard InChI is InChI=1S/C33H31BrClFN2O2S/c1-33(2,3)22-9-14-25-29(17-22)41-32(30(25)31(39)38-24-12-10-23(35)11-13-24)37-18-20-8-15-28(26(34)16-20)40-19-21-6-4-5-7-27(21)36/h4-8,10-13,15-16,18,22H,9,14,17,19H2,1-3H3,(H,38,39)/t22-/m0/s1. The summed E-state index contributed by atoms with van der Waals surface area (Å²) in [5.74, 6) is 0.693. The summed E-state index contributed by atoms with van der Waals surface area (Å²) in [7, 11) is 0. The van der Waals surface area contributed by atoms with Crippen LogP contribution in [0.15, 0.2) is 76.2 Å². The number of ether oxygens (including phenoxy) is 1. The monoisotopic (exact) mass is 652 g/mol. The molecule has 1 aromatic heterocycles. The Bertz CT molecular complexity index is 1590. The van der Waals surface area contributed by atoms with E-state index in [-0.39, 0.29) is 23.7 Å². The van der Waals surface area contributed by atoms with Gasteiger partial charge in [-0.1, -0.05) is 50.6 Å². The average molecular weight is 654 g/mol. The van der Waals surface area contributed by atoms with Crippen molar-refractivity contribution >= 4 is 61.7 Å². The Balaban J connectivity index is 1.40. The molecule has 1 atom stereocenters. The highest BCUT2D eigenvalue weighted by Gasteiger charge is 2.33. The number of benzene rings is 3. The van der Waals surface area contributed by atoms with Crippen LogP contribution in [0.5, 0.6) is 5.75 Å². The lowest BCUT2D eigenvalue weighted by molar-refractivity contribution is 0.102. The van der Waals surface area contributed by atoms with Gasteiger partial charge in [0, 0.05) is 27.4 Å². The summed E-state index contributed by atoms with van der Waals surface area (Å²) in [5, 5.41) is 4.35. The zero-order valence-electron chi connectivity index (χ0n) is 23.1. The number of amides is 1. The fourth-order valence-corrected chi connectivity index (χ4v) is 6.89. The highest BCUT2D eigenvalue weighted by Crippen LogP contribution is 2.45. The van der Waals surface area contributed by atoms with Gasteiger partial charge in [-0.25, -0.2) is 9.38 Å². The number of anilines is 1. The van der Waals surface area contributed by atoms with Crippen molar-refractivity contribution < 1.29 is 13.9 Å². The normalized spacial score (nSPS) is 15.1. The molecule has 1 heterocycles. The first-order valence-corrected chi connectivity index (χ1v) is 15.5. The Kier molecular flexibility index (Phi) is 8.97. The molecule has 8 heteroatoms. The van der Waals surface area contributed by atoms with Crippen LogP contribution in [-0.2, 0) is 19.4 Å². The zero-order valence-corrected chi connectivity index (χ0v) is 26.3. The largest absolute Gasteiger partial charge is 0.488 e. The van der Waals surface area contributed by atoms with Crippen molar-refractivity contribution in [1.29, 1.82) is 0 Å². The molecule has 1 aliphatic carbocycles. The SMILES string of the molecule is CC(C)(C)[C@H]1CCc2c(sc(N=Cc3ccc(OCc4ccccc4F)c(Br)c3)c2C(=O)Nc2ccc(Cl)cc2)C1. The molecule has 0 spiro atoms. The lowest BCUT2D eigenvalue weighted by atomic mass is 9.72. The van der Waals surface area contributed by atoms with Crippen LogP contribution in [-0.4, -0.2) is 12.1 Å². The molecule has 0 radical (unpaired) electrons. The highest BCUT2D eigenvalue weighted by atomic mass is 79.9. The van der Waals surface area contributed by atoms with Crippen molar-refractivity contribution in [2.45, 2.75) is 46.6 Å². The summed E-state index contributed by atoms with van der Waals surface area (Å²) in [6, 6.07) is 19.3. The van der Waals surface area contributed by atoms with Gasteiger partial charge < -0.3 is 10.1 Å². The minimum atomic E-state index is -0.296. The fourth-order valence-electron chi connectivity index (χ4n) is 4.98. The van der Waals surface area contributed by atoms with Crippen molar-refractivity contribution in [2.75, 3.05) is 5.32 Å². The number of hydrogen-bond donors (Lipinski definition) is 1. The molecule has 1 amide bonds. The van der Waals surface area contributed by atoms with Gasteiger partial charge in [-0.3, -0.25) is 4.79 Å². The lowest BCUT2D eigenvalue weighted by Crippen LogP contribution is -2.27. The molecule has 5 rings (SSSR count). The maximum Gasteiger partial charge on any atom is 0.259 e. The van der Waals surface area contributed by atoms with Crippen molar-refractivity contribution in [3.8, 4) is 5.75 Å². The van der Waals surface area contributed by atoms with Crippen LogP contribution >= 0.6 is 38.9 Å². The van der Waals surface area contributed by atoms with Crippen LogP contribution in [0.25, 0.3) is 0 Å². The third-order valence-corrected chi connectivity index (χ3v) is 9.46. The summed E-state index contributed by atoms with van der Waals surface area (Å²) in [5.41, 5.74) is 3.97. The molecule has 4 aromatic rings. The summed E-state index contributed by atoms with van der Waals surface area (Å²) in [6.45, 7) is 6.97.